The maximum atomic E-state index is 5.70. The summed E-state index contributed by atoms with van der Waals surface area (Å²) in [6.07, 6.45) is 0. The summed E-state index contributed by atoms with van der Waals surface area (Å²) in [5.74, 6) is 0. The van der Waals surface area contributed by atoms with Crippen LogP contribution in [0.2, 0.25) is 0 Å². The van der Waals surface area contributed by atoms with E-state index in [9.17, 15) is 0 Å². The van der Waals surface area contributed by atoms with Crippen LogP contribution in [0.4, 0.5) is 5.69 Å². The molecule has 1 rings (SSSR count). The van der Waals surface area contributed by atoms with Gasteiger partial charge in [-0.3, -0.25) is 4.90 Å². The molecule has 88 valence electrons. The van der Waals surface area contributed by atoms with E-state index in [1.54, 1.807) is 0 Å². The highest BCUT2D eigenvalue weighted by atomic mass is 79.9. The molecule has 1 aromatic carbocycles. The molecular weight excluding hydrogens is 320 g/mol. The van der Waals surface area contributed by atoms with E-state index in [0.29, 0.717) is 0 Å². The second-order valence-corrected chi connectivity index (χ2v) is 3.21. The van der Waals surface area contributed by atoms with E-state index in [-0.39, 0.29) is 34.0 Å². The zero-order valence-electron chi connectivity index (χ0n) is 9.21. The summed E-state index contributed by atoms with van der Waals surface area (Å²) in [5, 5.41) is 0. The van der Waals surface area contributed by atoms with E-state index < -0.39 is 0 Å². The molecule has 0 bridgehead atoms. The van der Waals surface area contributed by atoms with Crippen molar-refractivity contribution in [2.45, 2.75) is 20.4 Å². The Morgan fingerprint density at radius 2 is 1.73 bits per heavy atom. The first-order valence-corrected chi connectivity index (χ1v) is 4.83. The second-order valence-electron chi connectivity index (χ2n) is 3.21. The number of hydrogen-bond donors (Lipinski definition) is 1. The van der Waals surface area contributed by atoms with E-state index in [0.717, 1.165) is 25.3 Å². The molecule has 0 saturated heterocycles. The summed E-state index contributed by atoms with van der Waals surface area (Å²) >= 11 is 0. The Morgan fingerprint density at radius 3 is 2.20 bits per heavy atom. The van der Waals surface area contributed by atoms with Crippen molar-refractivity contribution in [1.82, 2.24) is 4.90 Å². The van der Waals surface area contributed by atoms with E-state index in [2.05, 4.69) is 24.8 Å². The van der Waals surface area contributed by atoms with Crippen LogP contribution in [0.5, 0.6) is 0 Å². The third kappa shape index (κ3) is 6.17. The maximum absolute atomic E-state index is 5.70. The van der Waals surface area contributed by atoms with Gasteiger partial charge in [0.15, 0.2) is 0 Å². The zero-order chi connectivity index (χ0) is 9.68. The van der Waals surface area contributed by atoms with Crippen molar-refractivity contribution in [3.05, 3.63) is 29.8 Å². The van der Waals surface area contributed by atoms with Crippen molar-refractivity contribution in [1.29, 1.82) is 0 Å². The van der Waals surface area contributed by atoms with Gasteiger partial charge in [0.25, 0.3) is 0 Å². The highest BCUT2D eigenvalue weighted by molar-refractivity contribution is 5.40. The molecule has 0 radical (unpaired) electrons. The Morgan fingerprint density at radius 1 is 1.13 bits per heavy atom. The van der Waals surface area contributed by atoms with Crippen LogP contribution in [0, 0.1) is 0 Å². The molecule has 2 N–H and O–H groups in total. The summed E-state index contributed by atoms with van der Waals surface area (Å²) in [7, 11) is 0. The van der Waals surface area contributed by atoms with Crippen molar-refractivity contribution in [3.8, 4) is 0 Å². The summed E-state index contributed by atoms with van der Waals surface area (Å²) in [6, 6.07) is 8.09. The number of rotatable bonds is 4. The molecule has 0 heterocycles. The van der Waals surface area contributed by atoms with Crippen LogP contribution in [0.1, 0.15) is 19.4 Å². The predicted molar refractivity (Wildman–Crippen MR) is 57.5 cm³/mol. The van der Waals surface area contributed by atoms with Gasteiger partial charge in [-0.05, 0) is 30.8 Å². The number of nitrogens with zero attached hydrogens (tertiary/aromatic N) is 1. The fourth-order valence-electron chi connectivity index (χ4n) is 1.40. The summed E-state index contributed by atoms with van der Waals surface area (Å²) in [6.45, 7) is 7.53. The molecule has 0 fully saturated rings. The SMILES string of the molecule is CCN(CC)Cc1cccc(N)c1.[Br-].[Br-]. The number of nitrogen functional groups attached to an aromatic ring is 1. The van der Waals surface area contributed by atoms with E-state index in [1.165, 1.54) is 5.56 Å². The monoisotopic (exact) mass is 336 g/mol. The molecule has 0 unspecified atom stereocenters. The van der Waals surface area contributed by atoms with Crippen molar-refractivity contribution in [2.75, 3.05) is 18.8 Å². The average Bonchev–Trinajstić information content (AvgIpc) is 2.14. The first-order valence-electron chi connectivity index (χ1n) is 4.83. The smallest absolute Gasteiger partial charge is 0.0317 e. The molecule has 1 aromatic rings. The molecule has 0 aromatic heterocycles. The lowest BCUT2D eigenvalue weighted by molar-refractivity contribution is -0.00100. The lowest BCUT2D eigenvalue weighted by Crippen LogP contribution is -3.00. The highest BCUT2D eigenvalue weighted by Crippen LogP contribution is 2.08. The van der Waals surface area contributed by atoms with Crippen LogP contribution in [0.15, 0.2) is 24.3 Å². The fraction of sp³-hybridized carbons (Fsp3) is 0.455. The van der Waals surface area contributed by atoms with Gasteiger partial charge in [0.2, 0.25) is 0 Å². The van der Waals surface area contributed by atoms with Crippen LogP contribution in [-0.4, -0.2) is 18.0 Å². The Labute approximate surface area is 113 Å². The molecular formula is C11H18Br2N2-2. The average molecular weight is 338 g/mol. The summed E-state index contributed by atoms with van der Waals surface area (Å²) in [5.41, 5.74) is 7.85. The number of anilines is 1. The lowest BCUT2D eigenvalue weighted by Gasteiger charge is -2.17. The maximum Gasteiger partial charge on any atom is 0.0317 e. The van der Waals surface area contributed by atoms with Gasteiger partial charge in [-0.15, -0.1) is 0 Å². The van der Waals surface area contributed by atoms with Gasteiger partial charge in [0.05, 0.1) is 0 Å². The highest BCUT2D eigenvalue weighted by Gasteiger charge is 2.00. The molecule has 0 atom stereocenters. The van der Waals surface area contributed by atoms with Crippen LogP contribution in [-0.2, 0) is 6.54 Å². The van der Waals surface area contributed by atoms with Gasteiger partial charge in [-0.2, -0.15) is 0 Å². The number of halogens is 2. The Bertz CT molecular complexity index is 263. The Kier molecular flexibility index (Phi) is 10.6. The topological polar surface area (TPSA) is 29.3 Å². The largest absolute Gasteiger partial charge is 1.00 e. The van der Waals surface area contributed by atoms with Crippen molar-refractivity contribution >= 4 is 5.69 Å². The van der Waals surface area contributed by atoms with E-state index in [4.69, 9.17) is 5.73 Å². The molecule has 0 aliphatic carbocycles. The molecule has 0 saturated carbocycles. The molecule has 2 nitrogen and oxygen atoms in total. The lowest BCUT2D eigenvalue weighted by atomic mass is 10.2. The minimum atomic E-state index is 0. The third-order valence-electron chi connectivity index (χ3n) is 2.25. The second kappa shape index (κ2) is 9.19. The molecule has 0 amide bonds. The molecule has 15 heavy (non-hydrogen) atoms. The molecule has 0 aliphatic heterocycles. The normalized spacial score (nSPS) is 9.27. The zero-order valence-corrected chi connectivity index (χ0v) is 12.4. The molecule has 4 heteroatoms. The summed E-state index contributed by atoms with van der Waals surface area (Å²) < 4.78 is 0. The van der Waals surface area contributed by atoms with Crippen LogP contribution in [0.3, 0.4) is 0 Å². The van der Waals surface area contributed by atoms with Crippen molar-refractivity contribution < 1.29 is 34.0 Å². The van der Waals surface area contributed by atoms with Crippen LogP contribution < -0.4 is 39.7 Å². The van der Waals surface area contributed by atoms with Gasteiger partial charge in [0.1, 0.15) is 0 Å². The van der Waals surface area contributed by atoms with Gasteiger partial charge in [-0.1, -0.05) is 26.0 Å². The quantitative estimate of drug-likeness (QED) is 0.570. The van der Waals surface area contributed by atoms with E-state index in [1.807, 2.05) is 18.2 Å². The van der Waals surface area contributed by atoms with Gasteiger partial charge in [0, 0.05) is 12.2 Å². The number of benzene rings is 1. The van der Waals surface area contributed by atoms with Crippen LogP contribution >= 0.6 is 0 Å². The van der Waals surface area contributed by atoms with Crippen LogP contribution in [0.25, 0.3) is 0 Å². The summed E-state index contributed by atoms with van der Waals surface area (Å²) in [4.78, 5) is 2.37. The minimum Gasteiger partial charge on any atom is -1.00 e. The standard InChI is InChI=1S/C11H18N2.2BrH/c1-3-13(4-2)9-10-6-5-7-11(12)8-10;;/h5-8H,3-4,9,12H2,1-2H3;2*1H/p-2. The first-order chi connectivity index (χ1) is 6.26. The van der Waals surface area contributed by atoms with Gasteiger partial charge >= 0.3 is 0 Å². The molecule has 0 spiro atoms. The van der Waals surface area contributed by atoms with E-state index >= 15 is 0 Å². The van der Waals surface area contributed by atoms with Crippen molar-refractivity contribution in [2.24, 2.45) is 0 Å². The van der Waals surface area contributed by atoms with Gasteiger partial charge in [-0.25, -0.2) is 0 Å². The fourth-order valence-corrected chi connectivity index (χ4v) is 1.40. The predicted octanol–water partition coefficient (Wildman–Crippen LogP) is -3.88. The Hall–Kier alpha value is -0.0600. The number of hydrogen-bond acceptors (Lipinski definition) is 2. The third-order valence-corrected chi connectivity index (χ3v) is 2.25. The van der Waals surface area contributed by atoms with Gasteiger partial charge < -0.3 is 39.7 Å². The first kappa shape index (κ1) is 17.3. The Balaban J connectivity index is 0. The minimum absolute atomic E-state index is 0. The molecule has 0 aliphatic rings. The van der Waals surface area contributed by atoms with Crippen molar-refractivity contribution in [3.63, 3.8) is 0 Å². The number of nitrogens with two attached hydrogens (primary N) is 1.